The Morgan fingerprint density at radius 2 is 1.97 bits per heavy atom. The minimum atomic E-state index is -0.250. The summed E-state index contributed by atoms with van der Waals surface area (Å²) < 4.78 is 0. The largest absolute Gasteiger partial charge is 0.338 e. The Balaban J connectivity index is 1.42. The number of benzene rings is 2. The Hall–Kier alpha value is -2.57. The van der Waals surface area contributed by atoms with Crippen LogP contribution in [0.25, 0.3) is 0 Å². The molecule has 5 nitrogen and oxygen atoms in total. The molecule has 0 spiro atoms. The molecule has 1 aliphatic heterocycles. The maximum Gasteiger partial charge on any atom is 0.251 e. The van der Waals surface area contributed by atoms with Crippen LogP contribution in [0.5, 0.6) is 0 Å². The second-order valence-corrected chi connectivity index (χ2v) is 8.37. The van der Waals surface area contributed by atoms with Gasteiger partial charge in [-0.1, -0.05) is 59.8 Å². The summed E-state index contributed by atoms with van der Waals surface area (Å²) in [6, 6.07) is 17.2. The number of amides is 1. The van der Waals surface area contributed by atoms with E-state index in [-0.39, 0.29) is 17.9 Å². The van der Waals surface area contributed by atoms with Crippen molar-refractivity contribution in [1.29, 1.82) is 0 Å². The predicted molar refractivity (Wildman–Crippen MR) is 115 cm³/mol. The van der Waals surface area contributed by atoms with Gasteiger partial charge in [-0.3, -0.25) is 9.59 Å². The number of nitrogens with zero attached hydrogens (tertiary/aromatic N) is 2. The lowest BCUT2D eigenvalue weighted by Gasteiger charge is -2.28. The molecule has 3 aromatic rings. The lowest BCUT2D eigenvalue weighted by atomic mass is 9.99. The monoisotopic (exact) mass is 425 g/mol. The number of hydrogen-bond acceptors (Lipinski definition) is 4. The van der Waals surface area contributed by atoms with Crippen molar-refractivity contribution in [2.24, 2.45) is 0 Å². The van der Waals surface area contributed by atoms with Gasteiger partial charge in [-0.05, 0) is 35.2 Å². The lowest BCUT2D eigenvalue weighted by Crippen LogP contribution is -2.37. The standard InChI is InChI=1S/C22H20ClN3O2S/c23-18-7-3-4-15(10-18)14-29-22-24-19(11-20(27)25-22)12-21(28)26-9-8-16-5-1-2-6-17(16)13-26/h1-7,10-11H,8-9,12-14H2,(H,24,25,27). The van der Waals surface area contributed by atoms with Gasteiger partial charge in [0, 0.05) is 29.9 Å². The van der Waals surface area contributed by atoms with E-state index in [4.69, 9.17) is 11.6 Å². The summed E-state index contributed by atoms with van der Waals surface area (Å²) in [6.07, 6.45) is 0.974. The topological polar surface area (TPSA) is 66.1 Å². The number of H-pyrrole nitrogens is 1. The third kappa shape index (κ3) is 5.08. The number of nitrogens with one attached hydrogen (secondary N) is 1. The van der Waals surface area contributed by atoms with Crippen LogP contribution in [0, 0.1) is 0 Å². The van der Waals surface area contributed by atoms with Gasteiger partial charge in [0.25, 0.3) is 5.56 Å². The molecule has 148 valence electrons. The van der Waals surface area contributed by atoms with Crippen LogP contribution in [-0.2, 0) is 29.9 Å². The maximum atomic E-state index is 12.8. The molecule has 7 heteroatoms. The van der Waals surface area contributed by atoms with Gasteiger partial charge >= 0.3 is 0 Å². The average Bonchev–Trinajstić information content (AvgIpc) is 2.71. The summed E-state index contributed by atoms with van der Waals surface area (Å²) in [4.78, 5) is 33.9. The summed E-state index contributed by atoms with van der Waals surface area (Å²) in [5, 5.41) is 1.18. The Kier molecular flexibility index (Phi) is 6.02. The van der Waals surface area contributed by atoms with E-state index in [0.29, 0.717) is 34.7 Å². The second-order valence-electron chi connectivity index (χ2n) is 6.97. The van der Waals surface area contributed by atoms with E-state index in [1.807, 2.05) is 41.3 Å². The predicted octanol–water partition coefficient (Wildman–Crippen LogP) is 3.84. The van der Waals surface area contributed by atoms with Crippen molar-refractivity contribution in [2.45, 2.75) is 30.3 Å². The van der Waals surface area contributed by atoms with Crippen LogP contribution < -0.4 is 5.56 Å². The van der Waals surface area contributed by atoms with Crippen LogP contribution in [0.1, 0.15) is 22.4 Å². The van der Waals surface area contributed by atoms with E-state index in [9.17, 15) is 9.59 Å². The van der Waals surface area contributed by atoms with E-state index in [1.165, 1.54) is 29.0 Å². The molecule has 0 saturated carbocycles. The van der Waals surface area contributed by atoms with Crippen LogP contribution in [0.2, 0.25) is 5.02 Å². The number of carbonyl (C=O) groups excluding carboxylic acids is 1. The molecule has 0 radical (unpaired) electrons. The first-order chi connectivity index (χ1) is 14.1. The summed E-state index contributed by atoms with van der Waals surface area (Å²) in [5.74, 6) is 0.618. The van der Waals surface area contributed by atoms with Gasteiger partial charge in [-0.25, -0.2) is 4.98 Å². The van der Waals surface area contributed by atoms with Gasteiger partial charge in [-0.2, -0.15) is 0 Å². The molecule has 0 atom stereocenters. The van der Waals surface area contributed by atoms with Crippen LogP contribution >= 0.6 is 23.4 Å². The normalized spacial score (nSPS) is 13.2. The zero-order valence-corrected chi connectivity index (χ0v) is 17.3. The lowest BCUT2D eigenvalue weighted by molar-refractivity contribution is -0.131. The molecule has 1 N–H and O–H groups in total. The molecular formula is C22H20ClN3O2S. The third-order valence-electron chi connectivity index (χ3n) is 4.85. The van der Waals surface area contributed by atoms with Crippen LogP contribution in [0.15, 0.2) is 64.5 Å². The second kappa shape index (κ2) is 8.84. The van der Waals surface area contributed by atoms with E-state index < -0.39 is 0 Å². The Bertz CT molecular complexity index is 1100. The molecule has 1 amide bonds. The van der Waals surface area contributed by atoms with E-state index in [1.54, 1.807) is 0 Å². The fourth-order valence-corrected chi connectivity index (χ4v) is 4.45. The number of thioether (sulfide) groups is 1. The van der Waals surface area contributed by atoms with Crippen molar-refractivity contribution in [3.63, 3.8) is 0 Å². The number of rotatable bonds is 5. The first-order valence-corrected chi connectivity index (χ1v) is 10.8. The molecule has 29 heavy (non-hydrogen) atoms. The van der Waals surface area contributed by atoms with Crippen molar-refractivity contribution >= 4 is 29.3 Å². The highest BCUT2D eigenvalue weighted by Crippen LogP contribution is 2.22. The molecule has 2 aromatic carbocycles. The van der Waals surface area contributed by atoms with E-state index in [2.05, 4.69) is 22.1 Å². The van der Waals surface area contributed by atoms with Crippen molar-refractivity contribution in [1.82, 2.24) is 14.9 Å². The van der Waals surface area contributed by atoms with Crippen molar-refractivity contribution in [3.05, 3.63) is 92.4 Å². The first kappa shape index (κ1) is 19.7. The number of aromatic nitrogens is 2. The van der Waals surface area contributed by atoms with Gasteiger partial charge in [0.1, 0.15) is 0 Å². The quantitative estimate of drug-likeness (QED) is 0.498. The van der Waals surface area contributed by atoms with E-state index >= 15 is 0 Å². The molecule has 0 saturated heterocycles. The fourth-order valence-electron chi connectivity index (χ4n) is 3.40. The number of aromatic amines is 1. The van der Waals surface area contributed by atoms with Crippen LogP contribution in [0.3, 0.4) is 0 Å². The summed E-state index contributed by atoms with van der Waals surface area (Å²) in [5.41, 5.74) is 3.76. The molecule has 0 bridgehead atoms. The molecule has 4 rings (SSSR count). The number of halogens is 1. The van der Waals surface area contributed by atoms with Gasteiger partial charge in [0.05, 0.1) is 12.1 Å². The smallest absolute Gasteiger partial charge is 0.251 e. The van der Waals surface area contributed by atoms with E-state index in [0.717, 1.165) is 12.0 Å². The summed E-state index contributed by atoms with van der Waals surface area (Å²) in [6.45, 7) is 1.30. The average molecular weight is 426 g/mol. The highest BCUT2D eigenvalue weighted by Gasteiger charge is 2.21. The number of hydrogen-bond donors (Lipinski definition) is 1. The van der Waals surface area contributed by atoms with Crippen LogP contribution in [0.4, 0.5) is 0 Å². The summed E-state index contributed by atoms with van der Waals surface area (Å²) >= 11 is 7.43. The zero-order chi connectivity index (χ0) is 20.2. The van der Waals surface area contributed by atoms with Crippen LogP contribution in [-0.4, -0.2) is 27.3 Å². The first-order valence-electron chi connectivity index (χ1n) is 9.39. The molecular weight excluding hydrogens is 406 g/mol. The minimum absolute atomic E-state index is 0.0107. The molecule has 1 aliphatic rings. The van der Waals surface area contributed by atoms with Gasteiger partial charge < -0.3 is 9.88 Å². The maximum absolute atomic E-state index is 12.8. The third-order valence-corrected chi connectivity index (χ3v) is 6.03. The Morgan fingerprint density at radius 3 is 2.79 bits per heavy atom. The fraction of sp³-hybridized carbons (Fsp3) is 0.227. The molecule has 2 heterocycles. The highest BCUT2D eigenvalue weighted by atomic mass is 35.5. The number of carbonyl (C=O) groups is 1. The van der Waals surface area contributed by atoms with Crippen molar-refractivity contribution in [3.8, 4) is 0 Å². The van der Waals surface area contributed by atoms with Crippen molar-refractivity contribution in [2.75, 3.05) is 6.54 Å². The number of fused-ring (bicyclic) bond motifs is 1. The molecule has 0 aliphatic carbocycles. The zero-order valence-electron chi connectivity index (χ0n) is 15.7. The summed E-state index contributed by atoms with van der Waals surface area (Å²) in [7, 11) is 0. The molecule has 0 unspecified atom stereocenters. The minimum Gasteiger partial charge on any atom is -0.338 e. The highest BCUT2D eigenvalue weighted by molar-refractivity contribution is 7.98. The SMILES string of the molecule is O=C(Cc1cc(=O)[nH]c(SCc2cccc(Cl)c2)n1)N1CCc2ccccc2C1. The Morgan fingerprint density at radius 1 is 1.14 bits per heavy atom. The van der Waals surface area contributed by atoms with Gasteiger partial charge in [0.15, 0.2) is 5.16 Å². The molecule has 1 aromatic heterocycles. The van der Waals surface area contributed by atoms with Crippen molar-refractivity contribution < 1.29 is 4.79 Å². The Labute approximate surface area is 178 Å². The van der Waals surface area contributed by atoms with Gasteiger partial charge in [0.2, 0.25) is 5.91 Å². The molecule has 0 fully saturated rings. The van der Waals surface area contributed by atoms with Gasteiger partial charge in [-0.15, -0.1) is 0 Å².